The Bertz CT molecular complexity index is 345. The van der Waals surface area contributed by atoms with E-state index in [0.29, 0.717) is 12.1 Å². The highest BCUT2D eigenvalue weighted by atomic mass is 32.1. The summed E-state index contributed by atoms with van der Waals surface area (Å²) < 4.78 is 5.26. The number of Topliss-reactive ketones (excluding diaryl/α,β-unsaturated/α-hetero) is 1. The molecule has 1 aliphatic heterocycles. The Kier molecular flexibility index (Phi) is 3.33. The van der Waals surface area contributed by atoms with Crippen LogP contribution >= 0.6 is 11.3 Å². The van der Waals surface area contributed by atoms with Gasteiger partial charge in [0.2, 0.25) is 0 Å². The number of carbonyl (C=O) groups is 1. The molecule has 0 aromatic carbocycles. The Morgan fingerprint density at radius 2 is 2.33 bits per heavy atom. The molecule has 0 unspecified atom stereocenters. The molecular weight excluding hydrogens is 212 g/mol. The van der Waals surface area contributed by atoms with Crippen molar-refractivity contribution in [1.82, 2.24) is 4.98 Å². The number of thiazole rings is 1. The smallest absolute Gasteiger partial charge is 0.186 e. The second-order valence-corrected chi connectivity index (χ2v) is 4.23. The molecule has 0 atom stereocenters. The molecule has 0 radical (unpaired) electrons. The lowest BCUT2D eigenvalue weighted by molar-refractivity contribution is 0.0984. The lowest BCUT2D eigenvalue weighted by Gasteiger charge is -2.25. The second kappa shape index (κ2) is 4.72. The number of anilines is 1. The number of rotatable bonds is 3. The summed E-state index contributed by atoms with van der Waals surface area (Å²) in [4.78, 5) is 17.9. The molecule has 1 aromatic rings. The van der Waals surface area contributed by atoms with E-state index in [1.807, 2.05) is 12.3 Å². The molecule has 1 saturated heterocycles. The van der Waals surface area contributed by atoms with Gasteiger partial charge in [0.1, 0.15) is 5.69 Å². The molecule has 0 N–H and O–H groups in total. The van der Waals surface area contributed by atoms with E-state index in [4.69, 9.17) is 4.74 Å². The summed E-state index contributed by atoms with van der Waals surface area (Å²) in [6, 6.07) is 0. The molecular formula is C10H14N2O2S. The Labute approximate surface area is 92.9 Å². The molecule has 82 valence electrons. The maximum atomic E-state index is 11.4. The Morgan fingerprint density at radius 1 is 1.60 bits per heavy atom. The zero-order valence-corrected chi connectivity index (χ0v) is 9.55. The van der Waals surface area contributed by atoms with Crippen LogP contribution in [0, 0.1) is 0 Å². The monoisotopic (exact) mass is 226 g/mol. The van der Waals surface area contributed by atoms with Crippen LogP contribution in [-0.2, 0) is 4.74 Å². The maximum Gasteiger partial charge on any atom is 0.186 e. The number of hydrogen-bond acceptors (Lipinski definition) is 5. The van der Waals surface area contributed by atoms with Crippen LogP contribution < -0.4 is 4.90 Å². The zero-order valence-electron chi connectivity index (χ0n) is 8.73. The SMILES string of the molecule is CCC(=O)c1csc(N2CCOCC2)n1. The maximum absolute atomic E-state index is 11.4. The minimum Gasteiger partial charge on any atom is -0.378 e. The van der Waals surface area contributed by atoms with Crippen molar-refractivity contribution in [2.45, 2.75) is 13.3 Å². The van der Waals surface area contributed by atoms with Crippen LogP contribution in [0.3, 0.4) is 0 Å². The van der Waals surface area contributed by atoms with Gasteiger partial charge >= 0.3 is 0 Å². The Morgan fingerprint density at radius 3 is 3.00 bits per heavy atom. The standard InChI is InChI=1S/C10H14N2O2S/c1-2-9(13)8-7-15-10(11-8)12-3-5-14-6-4-12/h7H,2-6H2,1H3. The quantitative estimate of drug-likeness (QED) is 0.734. The van der Waals surface area contributed by atoms with Gasteiger partial charge in [0.05, 0.1) is 13.2 Å². The topological polar surface area (TPSA) is 42.4 Å². The molecule has 1 aliphatic rings. The number of nitrogens with zero attached hydrogens (tertiary/aromatic N) is 2. The lowest BCUT2D eigenvalue weighted by Crippen LogP contribution is -2.36. The van der Waals surface area contributed by atoms with Crippen LogP contribution in [0.2, 0.25) is 0 Å². The van der Waals surface area contributed by atoms with Crippen LogP contribution in [0.1, 0.15) is 23.8 Å². The van der Waals surface area contributed by atoms with Crippen molar-refractivity contribution in [1.29, 1.82) is 0 Å². The van der Waals surface area contributed by atoms with Gasteiger partial charge in [-0.1, -0.05) is 6.92 Å². The molecule has 2 heterocycles. The second-order valence-electron chi connectivity index (χ2n) is 3.39. The van der Waals surface area contributed by atoms with Gasteiger partial charge in [0.25, 0.3) is 0 Å². The van der Waals surface area contributed by atoms with Crippen molar-refractivity contribution in [2.75, 3.05) is 31.2 Å². The summed E-state index contributed by atoms with van der Waals surface area (Å²) in [6.45, 7) is 5.09. The highest BCUT2D eigenvalue weighted by molar-refractivity contribution is 7.13. The summed E-state index contributed by atoms with van der Waals surface area (Å²) in [6.07, 6.45) is 0.520. The van der Waals surface area contributed by atoms with Gasteiger partial charge in [-0.3, -0.25) is 4.79 Å². The molecule has 1 fully saturated rings. The van der Waals surface area contributed by atoms with Crippen LogP contribution in [0.4, 0.5) is 5.13 Å². The van der Waals surface area contributed by atoms with Gasteiger partial charge < -0.3 is 9.64 Å². The largest absolute Gasteiger partial charge is 0.378 e. The van der Waals surface area contributed by atoms with Crippen LogP contribution in [0.15, 0.2) is 5.38 Å². The first kappa shape index (κ1) is 10.6. The third-order valence-electron chi connectivity index (χ3n) is 2.38. The van der Waals surface area contributed by atoms with Crippen molar-refractivity contribution in [3.63, 3.8) is 0 Å². The van der Waals surface area contributed by atoms with Crippen molar-refractivity contribution in [3.05, 3.63) is 11.1 Å². The normalized spacial score (nSPS) is 16.7. The van der Waals surface area contributed by atoms with E-state index in [-0.39, 0.29) is 5.78 Å². The van der Waals surface area contributed by atoms with Gasteiger partial charge in [0, 0.05) is 24.9 Å². The van der Waals surface area contributed by atoms with E-state index in [2.05, 4.69) is 9.88 Å². The van der Waals surface area contributed by atoms with Crippen molar-refractivity contribution in [3.8, 4) is 0 Å². The number of carbonyl (C=O) groups excluding carboxylic acids is 1. The fourth-order valence-electron chi connectivity index (χ4n) is 1.47. The number of morpholine rings is 1. The van der Waals surface area contributed by atoms with Gasteiger partial charge in [0.15, 0.2) is 10.9 Å². The molecule has 0 saturated carbocycles. The highest BCUT2D eigenvalue weighted by Gasteiger charge is 2.16. The highest BCUT2D eigenvalue weighted by Crippen LogP contribution is 2.21. The molecule has 0 bridgehead atoms. The first-order chi connectivity index (χ1) is 7.31. The molecule has 0 amide bonds. The average Bonchev–Trinajstić information content (AvgIpc) is 2.78. The van der Waals surface area contributed by atoms with Crippen LogP contribution in [-0.4, -0.2) is 37.1 Å². The first-order valence-electron chi connectivity index (χ1n) is 5.12. The number of hydrogen-bond donors (Lipinski definition) is 0. The van der Waals surface area contributed by atoms with Crippen LogP contribution in [0.5, 0.6) is 0 Å². The summed E-state index contributed by atoms with van der Waals surface area (Å²) in [5, 5.41) is 2.78. The first-order valence-corrected chi connectivity index (χ1v) is 6.00. The van der Waals surface area contributed by atoms with Crippen molar-refractivity contribution in [2.24, 2.45) is 0 Å². The molecule has 0 spiro atoms. The van der Waals surface area contributed by atoms with Crippen LogP contribution in [0.25, 0.3) is 0 Å². The summed E-state index contributed by atoms with van der Waals surface area (Å²) in [7, 11) is 0. The molecule has 5 heteroatoms. The predicted molar refractivity (Wildman–Crippen MR) is 59.8 cm³/mol. The van der Waals surface area contributed by atoms with Crippen molar-refractivity contribution >= 4 is 22.3 Å². The number of aromatic nitrogens is 1. The Hall–Kier alpha value is -0.940. The van der Waals surface area contributed by atoms with Gasteiger partial charge in [-0.25, -0.2) is 4.98 Å². The van der Waals surface area contributed by atoms with E-state index >= 15 is 0 Å². The zero-order chi connectivity index (χ0) is 10.7. The summed E-state index contributed by atoms with van der Waals surface area (Å²) >= 11 is 1.54. The van der Waals surface area contributed by atoms with E-state index in [1.54, 1.807) is 0 Å². The third kappa shape index (κ3) is 2.35. The number of ether oxygens (including phenoxy) is 1. The average molecular weight is 226 g/mol. The summed E-state index contributed by atoms with van der Waals surface area (Å²) in [5.41, 5.74) is 0.601. The molecule has 1 aromatic heterocycles. The van der Waals surface area contributed by atoms with Gasteiger partial charge in [-0.05, 0) is 0 Å². The molecule has 4 nitrogen and oxygen atoms in total. The fourth-order valence-corrected chi connectivity index (χ4v) is 2.36. The molecule has 2 rings (SSSR count). The predicted octanol–water partition coefficient (Wildman–Crippen LogP) is 1.57. The van der Waals surface area contributed by atoms with Gasteiger partial charge in [-0.2, -0.15) is 0 Å². The molecule has 15 heavy (non-hydrogen) atoms. The van der Waals surface area contributed by atoms with Crippen molar-refractivity contribution < 1.29 is 9.53 Å². The van der Waals surface area contributed by atoms with E-state index in [9.17, 15) is 4.79 Å². The minimum absolute atomic E-state index is 0.116. The van der Waals surface area contributed by atoms with Gasteiger partial charge in [-0.15, -0.1) is 11.3 Å². The minimum atomic E-state index is 0.116. The van der Waals surface area contributed by atoms with E-state index in [0.717, 1.165) is 31.4 Å². The third-order valence-corrected chi connectivity index (χ3v) is 3.28. The van der Waals surface area contributed by atoms with E-state index < -0.39 is 0 Å². The summed E-state index contributed by atoms with van der Waals surface area (Å²) in [5.74, 6) is 0.116. The Balaban J connectivity index is 2.08. The lowest BCUT2D eigenvalue weighted by atomic mass is 10.2. The van der Waals surface area contributed by atoms with E-state index in [1.165, 1.54) is 11.3 Å². The molecule has 0 aliphatic carbocycles. The number of ketones is 1. The fraction of sp³-hybridized carbons (Fsp3) is 0.600.